The number of methoxy groups -OCH3 is 1. The molecule has 2 fully saturated rings. The lowest BCUT2D eigenvalue weighted by Gasteiger charge is -2.46. The van der Waals surface area contributed by atoms with Crippen LogP contribution in [-0.2, 0) is 33.0 Å². The zero-order chi connectivity index (χ0) is 36.0. The third kappa shape index (κ3) is 7.28. The van der Waals surface area contributed by atoms with Crippen LogP contribution in [0.4, 0.5) is 5.69 Å². The second-order valence-electron chi connectivity index (χ2n) is 15.8. The number of anilines is 1. The van der Waals surface area contributed by atoms with E-state index in [1.807, 2.05) is 25.1 Å². The Morgan fingerprint density at radius 3 is 2.83 bits per heavy atom. The second-order valence-corrected chi connectivity index (χ2v) is 18.2. The summed E-state index contributed by atoms with van der Waals surface area (Å²) >= 11 is 6.46. The number of aryl methyl sites for hydroxylation is 1. The van der Waals surface area contributed by atoms with Gasteiger partial charge in [0.2, 0.25) is 0 Å². The van der Waals surface area contributed by atoms with E-state index in [9.17, 15) is 13.8 Å². The lowest BCUT2D eigenvalue weighted by atomic mass is 9.68. The minimum Gasteiger partial charge on any atom is -0.490 e. The highest BCUT2D eigenvalue weighted by Gasteiger charge is 2.44. The number of rotatable bonds is 5. The van der Waals surface area contributed by atoms with Gasteiger partial charge in [-0.1, -0.05) is 36.7 Å². The molecule has 2 saturated carbocycles. The average Bonchev–Trinajstić information content (AvgIpc) is 3.82. The number of hydrogen-bond acceptors (Lipinski definition) is 7. The largest absolute Gasteiger partial charge is 0.490 e. The van der Waals surface area contributed by atoms with Crippen molar-refractivity contribution < 1.29 is 23.3 Å². The van der Waals surface area contributed by atoms with E-state index in [4.69, 9.17) is 21.1 Å². The van der Waals surface area contributed by atoms with E-state index in [0.29, 0.717) is 47.7 Å². The van der Waals surface area contributed by atoms with Gasteiger partial charge in [0.25, 0.3) is 11.8 Å². The molecule has 3 aromatic rings. The van der Waals surface area contributed by atoms with Crippen molar-refractivity contribution in [3.05, 3.63) is 88.2 Å². The number of nitrogens with zero attached hydrogens (tertiary/aromatic N) is 4. The van der Waals surface area contributed by atoms with E-state index in [2.05, 4.69) is 43.4 Å². The normalized spacial score (nSPS) is 30.9. The third-order valence-corrected chi connectivity index (χ3v) is 14.0. The number of carbonyl (C=O) groups excluding carboxylic acids is 2. The van der Waals surface area contributed by atoms with Gasteiger partial charge < -0.3 is 14.4 Å². The molecule has 12 heteroatoms. The highest BCUT2D eigenvalue weighted by Crippen LogP contribution is 2.47. The minimum atomic E-state index is -3.52. The molecule has 10 nitrogen and oxygen atoms in total. The Morgan fingerprint density at radius 1 is 1.17 bits per heavy atom. The molecule has 276 valence electrons. The number of halogens is 1. The van der Waals surface area contributed by atoms with Gasteiger partial charge in [0, 0.05) is 48.9 Å². The highest BCUT2D eigenvalue weighted by atomic mass is 35.5. The predicted molar refractivity (Wildman–Crippen MR) is 202 cm³/mol. The zero-order valence-electron chi connectivity index (χ0n) is 30.0. The standard InChI is InChI=1S/C40H48ClN5O5S/c1-26-5-3-7-36(50-2)33-13-10-30(33)21-45-24-40(16-4-6-28-17-32(41)12-14-34(28)40)25-51-37-15-11-29(18-35(37)45)38(47)43-52(49,23-26)44-39(48)31-19-42-46(22-31)20-27-8-9-27/h3,7,11-12,14-15,17-19,22,26-27,30,33,36H,4-6,8-10,13,16,20-21,23-25H2,1-2H3,(H,43,44,47,48,49)/b7-3+/t26-,30-,33+,36-,40-,52?/m0/s1. The molecule has 2 aromatic carbocycles. The fourth-order valence-electron chi connectivity index (χ4n) is 8.72. The molecule has 2 aliphatic heterocycles. The van der Waals surface area contributed by atoms with Gasteiger partial charge in [-0.25, -0.2) is 4.21 Å². The van der Waals surface area contributed by atoms with Crippen molar-refractivity contribution in [2.24, 2.45) is 28.0 Å². The van der Waals surface area contributed by atoms with Crippen molar-refractivity contribution in [2.75, 3.05) is 37.5 Å². The first-order valence-electron chi connectivity index (χ1n) is 18.7. The zero-order valence-corrected chi connectivity index (χ0v) is 31.5. The minimum absolute atomic E-state index is 0.0147. The van der Waals surface area contributed by atoms with Gasteiger partial charge >= 0.3 is 0 Å². The van der Waals surface area contributed by atoms with Crippen molar-refractivity contribution in [2.45, 2.75) is 76.4 Å². The lowest BCUT2D eigenvalue weighted by Crippen LogP contribution is -2.49. The number of allylic oxidation sites excluding steroid dienone is 1. The first-order chi connectivity index (χ1) is 25.1. The molecule has 1 unspecified atom stereocenters. The fourth-order valence-corrected chi connectivity index (χ4v) is 10.8. The van der Waals surface area contributed by atoms with E-state index in [1.54, 1.807) is 24.1 Å². The van der Waals surface area contributed by atoms with Crippen molar-refractivity contribution in [1.82, 2.24) is 14.5 Å². The van der Waals surface area contributed by atoms with E-state index in [-0.39, 0.29) is 23.2 Å². The number of hydrogen-bond donors (Lipinski definition) is 1. The summed E-state index contributed by atoms with van der Waals surface area (Å²) in [5.74, 6) is 0.710. The molecule has 3 aliphatic carbocycles. The van der Waals surface area contributed by atoms with Gasteiger partial charge in [-0.2, -0.15) is 5.10 Å². The Hall–Kier alpha value is -3.67. The van der Waals surface area contributed by atoms with Crippen LogP contribution in [0.1, 0.15) is 83.7 Å². The molecular weight excluding hydrogens is 698 g/mol. The maximum atomic E-state index is 14.6. The molecule has 5 aliphatic rings. The van der Waals surface area contributed by atoms with Gasteiger partial charge in [-0.3, -0.25) is 19.0 Å². The molecule has 1 N–H and O–H groups in total. The number of amides is 2. The molecule has 8 rings (SSSR count). The summed E-state index contributed by atoms with van der Waals surface area (Å²) < 4.78 is 36.1. The van der Waals surface area contributed by atoms with Crippen LogP contribution in [0.5, 0.6) is 5.75 Å². The van der Waals surface area contributed by atoms with Gasteiger partial charge in [0.15, 0.2) is 0 Å². The molecule has 2 amide bonds. The van der Waals surface area contributed by atoms with Crippen LogP contribution in [0.25, 0.3) is 0 Å². The molecule has 52 heavy (non-hydrogen) atoms. The number of benzene rings is 2. The average molecular weight is 746 g/mol. The second kappa shape index (κ2) is 14.3. The topological polar surface area (TPSA) is 115 Å². The molecule has 0 radical (unpaired) electrons. The monoisotopic (exact) mass is 745 g/mol. The summed E-state index contributed by atoms with van der Waals surface area (Å²) in [7, 11) is -1.75. The summed E-state index contributed by atoms with van der Waals surface area (Å²) in [5.41, 5.74) is 3.71. The fraction of sp³-hybridized carbons (Fsp3) is 0.525. The SMILES string of the molecule is CO[C@H]1/C=C/C[C@H](C)CS(=O)(NC(=O)c2cnn(CC3CC3)c2)=NC(=O)c2ccc3c(c2)N(C[C@@H]2CC[C@H]21)C[C@@]1(CCCc2cc(Cl)ccc21)CO3. The Balaban J connectivity index is 1.17. The molecule has 0 saturated heterocycles. The van der Waals surface area contributed by atoms with Crippen molar-refractivity contribution in [3.63, 3.8) is 0 Å². The maximum Gasteiger partial charge on any atom is 0.286 e. The van der Waals surface area contributed by atoms with Crippen molar-refractivity contribution >= 4 is 39.0 Å². The maximum absolute atomic E-state index is 14.6. The van der Waals surface area contributed by atoms with Gasteiger partial charge in [-0.05, 0) is 116 Å². The van der Waals surface area contributed by atoms with E-state index in [0.717, 1.165) is 75.3 Å². The van der Waals surface area contributed by atoms with Crippen LogP contribution in [0, 0.1) is 23.7 Å². The molecule has 6 atom stereocenters. The Morgan fingerprint density at radius 2 is 2.04 bits per heavy atom. The summed E-state index contributed by atoms with van der Waals surface area (Å²) in [6, 6.07) is 11.6. The number of carbonyl (C=O) groups is 2. The number of nitrogens with one attached hydrogen (secondary N) is 1. The van der Waals surface area contributed by atoms with Crippen LogP contribution in [0.15, 0.2) is 65.3 Å². The van der Waals surface area contributed by atoms with Crippen molar-refractivity contribution in [1.29, 1.82) is 0 Å². The molecule has 2 bridgehead atoms. The summed E-state index contributed by atoms with van der Waals surface area (Å²) in [6.07, 6.45) is 15.4. The summed E-state index contributed by atoms with van der Waals surface area (Å²) in [4.78, 5) is 29.9. The lowest BCUT2D eigenvalue weighted by molar-refractivity contribution is 0.0131. The Bertz CT molecular complexity index is 2020. The van der Waals surface area contributed by atoms with Crippen LogP contribution in [-0.4, -0.2) is 64.5 Å². The molecular formula is C40H48ClN5O5S. The van der Waals surface area contributed by atoms with Crippen LogP contribution < -0.4 is 14.4 Å². The third-order valence-electron chi connectivity index (χ3n) is 11.8. The number of aromatic nitrogens is 2. The predicted octanol–water partition coefficient (Wildman–Crippen LogP) is 7.01. The summed E-state index contributed by atoms with van der Waals surface area (Å²) in [6.45, 7) is 4.73. The van der Waals surface area contributed by atoms with E-state index < -0.39 is 21.7 Å². The smallest absolute Gasteiger partial charge is 0.286 e. The quantitative estimate of drug-likeness (QED) is 0.280. The molecule has 3 heterocycles. The first-order valence-corrected chi connectivity index (χ1v) is 20.8. The van der Waals surface area contributed by atoms with Crippen molar-refractivity contribution in [3.8, 4) is 5.75 Å². The number of fused-ring (bicyclic) bond motifs is 4. The van der Waals surface area contributed by atoms with Crippen LogP contribution >= 0.6 is 11.6 Å². The Kier molecular flexibility index (Phi) is 9.72. The van der Waals surface area contributed by atoms with Crippen LogP contribution in [0.3, 0.4) is 0 Å². The Labute approximate surface area is 311 Å². The van der Waals surface area contributed by atoms with E-state index >= 15 is 0 Å². The van der Waals surface area contributed by atoms with E-state index in [1.165, 1.54) is 17.3 Å². The van der Waals surface area contributed by atoms with Gasteiger partial charge in [0.05, 0.1) is 35.9 Å². The summed E-state index contributed by atoms with van der Waals surface area (Å²) in [5, 5.41) is 5.08. The number of ether oxygens (including phenoxy) is 2. The molecule has 1 spiro atoms. The van der Waals surface area contributed by atoms with Gasteiger partial charge in [-0.15, -0.1) is 4.36 Å². The highest BCUT2D eigenvalue weighted by molar-refractivity contribution is 7.92. The van der Waals surface area contributed by atoms with Gasteiger partial charge in [0.1, 0.15) is 15.7 Å². The van der Waals surface area contributed by atoms with Crippen LogP contribution in [0.2, 0.25) is 5.02 Å². The molecule has 1 aromatic heterocycles. The first kappa shape index (κ1) is 35.4.